The standard InChI is InChI=1S/C17H16BrNO2/c1-11-12(6-4-8-16(11)19(20)21)9-14-10-13-5-2-3-7-15(13)17(14)18/h2-8,14,17H,9-10H2,1H3. The molecule has 108 valence electrons. The monoisotopic (exact) mass is 345 g/mol. The lowest BCUT2D eigenvalue weighted by atomic mass is 9.93. The van der Waals surface area contributed by atoms with Gasteiger partial charge in [0.2, 0.25) is 0 Å². The molecule has 2 aromatic carbocycles. The first-order valence-electron chi connectivity index (χ1n) is 7.02. The molecule has 0 N–H and O–H groups in total. The van der Waals surface area contributed by atoms with Crippen molar-refractivity contribution in [2.75, 3.05) is 0 Å². The number of nitro groups is 1. The molecule has 0 saturated heterocycles. The molecule has 0 radical (unpaired) electrons. The summed E-state index contributed by atoms with van der Waals surface area (Å²) in [5.41, 5.74) is 4.82. The SMILES string of the molecule is Cc1c(CC2Cc3ccccc3C2Br)cccc1[N+](=O)[O-]. The number of hydrogen-bond acceptors (Lipinski definition) is 2. The zero-order chi connectivity index (χ0) is 15.0. The molecule has 1 aliphatic rings. The van der Waals surface area contributed by atoms with Crippen LogP contribution in [0.15, 0.2) is 42.5 Å². The molecule has 2 atom stereocenters. The van der Waals surface area contributed by atoms with Gasteiger partial charge in [0.15, 0.2) is 0 Å². The second-order valence-electron chi connectivity index (χ2n) is 5.59. The Kier molecular flexibility index (Phi) is 3.81. The number of hydrogen-bond donors (Lipinski definition) is 0. The van der Waals surface area contributed by atoms with Crippen molar-refractivity contribution in [3.63, 3.8) is 0 Å². The first-order chi connectivity index (χ1) is 10.1. The highest BCUT2D eigenvalue weighted by Crippen LogP contribution is 2.44. The number of halogens is 1. The summed E-state index contributed by atoms with van der Waals surface area (Å²) in [7, 11) is 0. The summed E-state index contributed by atoms with van der Waals surface area (Å²) in [6.45, 7) is 1.85. The topological polar surface area (TPSA) is 43.1 Å². The molecule has 0 aliphatic heterocycles. The van der Waals surface area contributed by atoms with Gasteiger partial charge in [0, 0.05) is 16.5 Å². The molecular weight excluding hydrogens is 330 g/mol. The Morgan fingerprint density at radius 1 is 1.24 bits per heavy atom. The van der Waals surface area contributed by atoms with Crippen LogP contribution in [0.25, 0.3) is 0 Å². The van der Waals surface area contributed by atoms with Gasteiger partial charge >= 0.3 is 0 Å². The fourth-order valence-electron chi connectivity index (χ4n) is 3.18. The van der Waals surface area contributed by atoms with E-state index in [1.807, 2.05) is 13.0 Å². The van der Waals surface area contributed by atoms with Crippen molar-refractivity contribution in [2.24, 2.45) is 5.92 Å². The molecule has 21 heavy (non-hydrogen) atoms. The van der Waals surface area contributed by atoms with Crippen molar-refractivity contribution >= 4 is 21.6 Å². The molecule has 3 rings (SSSR count). The van der Waals surface area contributed by atoms with Crippen LogP contribution in [0.1, 0.15) is 27.1 Å². The lowest BCUT2D eigenvalue weighted by Crippen LogP contribution is -2.08. The molecule has 0 amide bonds. The van der Waals surface area contributed by atoms with E-state index in [1.165, 1.54) is 11.1 Å². The van der Waals surface area contributed by atoms with Crippen LogP contribution < -0.4 is 0 Å². The minimum atomic E-state index is -0.298. The van der Waals surface area contributed by atoms with E-state index in [1.54, 1.807) is 12.1 Å². The highest BCUT2D eigenvalue weighted by atomic mass is 79.9. The number of nitrogens with zero attached hydrogens (tertiary/aromatic N) is 1. The number of nitro benzene ring substituents is 1. The number of rotatable bonds is 3. The van der Waals surface area contributed by atoms with Crippen LogP contribution in [0, 0.1) is 23.0 Å². The highest BCUT2D eigenvalue weighted by Gasteiger charge is 2.31. The van der Waals surface area contributed by atoms with E-state index in [0.29, 0.717) is 10.7 Å². The maximum Gasteiger partial charge on any atom is 0.272 e. The van der Waals surface area contributed by atoms with Crippen LogP contribution in [0.5, 0.6) is 0 Å². The quantitative estimate of drug-likeness (QED) is 0.457. The lowest BCUT2D eigenvalue weighted by molar-refractivity contribution is -0.385. The fraction of sp³-hybridized carbons (Fsp3) is 0.294. The van der Waals surface area contributed by atoms with Crippen LogP contribution in [0.3, 0.4) is 0 Å². The third kappa shape index (κ3) is 2.60. The zero-order valence-electron chi connectivity index (χ0n) is 11.8. The maximum atomic E-state index is 11.1. The van der Waals surface area contributed by atoms with Gasteiger partial charge in [-0.1, -0.05) is 52.3 Å². The normalized spacial score (nSPS) is 20.3. The molecule has 0 bridgehead atoms. The predicted octanol–water partition coefficient (Wildman–Crippen LogP) is 4.75. The molecule has 3 nitrogen and oxygen atoms in total. The van der Waals surface area contributed by atoms with Crippen molar-refractivity contribution in [3.8, 4) is 0 Å². The van der Waals surface area contributed by atoms with E-state index in [0.717, 1.165) is 24.0 Å². The van der Waals surface area contributed by atoms with Crippen LogP contribution in [-0.2, 0) is 12.8 Å². The van der Waals surface area contributed by atoms with Gasteiger partial charge < -0.3 is 0 Å². The van der Waals surface area contributed by atoms with Gasteiger partial charge in [-0.2, -0.15) is 0 Å². The molecule has 4 heteroatoms. The predicted molar refractivity (Wildman–Crippen MR) is 86.8 cm³/mol. The average molecular weight is 346 g/mol. The minimum absolute atomic E-state index is 0.217. The van der Waals surface area contributed by atoms with E-state index in [9.17, 15) is 10.1 Å². The molecule has 0 fully saturated rings. The van der Waals surface area contributed by atoms with Crippen LogP contribution >= 0.6 is 15.9 Å². The van der Waals surface area contributed by atoms with E-state index >= 15 is 0 Å². The Bertz CT molecular complexity index is 699. The number of fused-ring (bicyclic) bond motifs is 1. The highest BCUT2D eigenvalue weighted by molar-refractivity contribution is 9.09. The van der Waals surface area contributed by atoms with Crippen molar-refractivity contribution in [2.45, 2.75) is 24.6 Å². The second kappa shape index (κ2) is 5.60. The number of alkyl halides is 1. The summed E-state index contributed by atoms with van der Waals surface area (Å²) in [6, 6.07) is 13.8. The van der Waals surface area contributed by atoms with E-state index in [2.05, 4.69) is 40.2 Å². The summed E-state index contributed by atoms with van der Waals surface area (Å²) in [5.74, 6) is 0.447. The van der Waals surface area contributed by atoms with Gasteiger partial charge in [-0.05, 0) is 42.4 Å². The van der Waals surface area contributed by atoms with Crippen LogP contribution in [0.4, 0.5) is 5.69 Å². The second-order valence-corrected chi connectivity index (χ2v) is 6.57. The van der Waals surface area contributed by atoms with Crippen molar-refractivity contribution in [3.05, 3.63) is 74.8 Å². The van der Waals surface area contributed by atoms with Crippen molar-refractivity contribution < 1.29 is 4.92 Å². The Labute approximate surface area is 132 Å². The summed E-state index contributed by atoms with van der Waals surface area (Å²) in [6.07, 6.45) is 1.88. The van der Waals surface area contributed by atoms with Crippen molar-refractivity contribution in [1.82, 2.24) is 0 Å². The van der Waals surface area contributed by atoms with Gasteiger partial charge in [0.25, 0.3) is 5.69 Å². The van der Waals surface area contributed by atoms with Gasteiger partial charge in [0.05, 0.1) is 4.92 Å². The summed E-state index contributed by atoms with van der Waals surface area (Å²) in [4.78, 5) is 11.1. The zero-order valence-corrected chi connectivity index (χ0v) is 13.3. The molecule has 0 saturated carbocycles. The van der Waals surface area contributed by atoms with Gasteiger partial charge in [-0.25, -0.2) is 0 Å². The minimum Gasteiger partial charge on any atom is -0.258 e. The largest absolute Gasteiger partial charge is 0.272 e. The Morgan fingerprint density at radius 3 is 2.71 bits per heavy atom. The van der Waals surface area contributed by atoms with Gasteiger partial charge in [-0.15, -0.1) is 0 Å². The van der Waals surface area contributed by atoms with Crippen molar-refractivity contribution in [1.29, 1.82) is 0 Å². The van der Waals surface area contributed by atoms with Gasteiger partial charge in [0.1, 0.15) is 0 Å². The first kappa shape index (κ1) is 14.3. The van der Waals surface area contributed by atoms with E-state index in [-0.39, 0.29) is 10.6 Å². The van der Waals surface area contributed by atoms with E-state index in [4.69, 9.17) is 0 Å². The van der Waals surface area contributed by atoms with Gasteiger partial charge in [-0.3, -0.25) is 10.1 Å². The smallest absolute Gasteiger partial charge is 0.258 e. The summed E-state index contributed by atoms with van der Waals surface area (Å²) in [5, 5.41) is 11.1. The third-order valence-electron chi connectivity index (χ3n) is 4.34. The van der Waals surface area contributed by atoms with Crippen LogP contribution in [0.2, 0.25) is 0 Å². The summed E-state index contributed by atoms with van der Waals surface area (Å²) < 4.78 is 0. The van der Waals surface area contributed by atoms with Crippen LogP contribution in [-0.4, -0.2) is 4.92 Å². The molecule has 0 aromatic heterocycles. The molecule has 0 spiro atoms. The molecule has 0 heterocycles. The molecule has 2 unspecified atom stereocenters. The summed E-state index contributed by atoms with van der Waals surface area (Å²) >= 11 is 3.80. The Balaban J connectivity index is 1.86. The Morgan fingerprint density at radius 2 is 2.00 bits per heavy atom. The first-order valence-corrected chi connectivity index (χ1v) is 7.94. The molecule has 1 aliphatic carbocycles. The Hall–Kier alpha value is -1.68. The lowest BCUT2D eigenvalue weighted by Gasteiger charge is -2.16. The fourth-order valence-corrected chi connectivity index (χ4v) is 4.00. The average Bonchev–Trinajstić information content (AvgIpc) is 2.78. The number of benzene rings is 2. The van der Waals surface area contributed by atoms with E-state index < -0.39 is 0 Å². The maximum absolute atomic E-state index is 11.1. The third-order valence-corrected chi connectivity index (χ3v) is 5.59. The molecular formula is C17H16BrNO2. The molecule has 2 aromatic rings.